The average Bonchev–Trinajstić information content (AvgIpc) is 2.94. The molecule has 0 radical (unpaired) electrons. The van der Waals surface area contributed by atoms with Crippen LogP contribution in [0.15, 0.2) is 11.3 Å². The molecule has 1 N–H and O–H groups in total. The third-order valence-corrected chi connectivity index (χ3v) is 8.79. The Bertz CT molecular complexity index is 842. The molecule has 41 heavy (non-hydrogen) atoms. The second kappa shape index (κ2) is 19.2. The maximum absolute atomic E-state index is 13.1. The average molecular weight is 579 g/mol. The topological polar surface area (TPSA) is 94.2 Å². The Morgan fingerprint density at radius 1 is 0.878 bits per heavy atom. The van der Waals surface area contributed by atoms with Gasteiger partial charge in [0.1, 0.15) is 0 Å². The van der Waals surface area contributed by atoms with Crippen LogP contribution in [-0.4, -0.2) is 55.5 Å². The molecule has 3 amide bonds. The summed E-state index contributed by atoms with van der Waals surface area (Å²) >= 11 is 0. The Morgan fingerprint density at radius 2 is 1.44 bits per heavy atom. The molecule has 8 nitrogen and oxygen atoms in total. The zero-order chi connectivity index (χ0) is 30.2. The van der Waals surface area contributed by atoms with Crippen LogP contribution in [0, 0.1) is 11.8 Å². The summed E-state index contributed by atoms with van der Waals surface area (Å²) in [4.78, 5) is 40.2. The van der Waals surface area contributed by atoms with Gasteiger partial charge in [0.2, 0.25) is 0 Å². The van der Waals surface area contributed by atoms with Crippen LogP contribution < -0.4 is 5.32 Å². The molecule has 4 unspecified atom stereocenters. The molecule has 8 heteroatoms. The zero-order valence-electron chi connectivity index (χ0n) is 26.8. The van der Waals surface area contributed by atoms with E-state index in [0.29, 0.717) is 11.3 Å². The van der Waals surface area contributed by atoms with E-state index in [2.05, 4.69) is 12.2 Å². The Balaban J connectivity index is 2.06. The van der Waals surface area contributed by atoms with Crippen molar-refractivity contribution in [1.82, 2.24) is 10.2 Å². The molecular weight excluding hydrogens is 520 g/mol. The number of urea groups is 1. The highest BCUT2D eigenvalue weighted by atomic mass is 16.5. The summed E-state index contributed by atoms with van der Waals surface area (Å²) in [5.74, 6) is -0.566. The first-order valence-electron chi connectivity index (χ1n) is 16.4. The van der Waals surface area contributed by atoms with Gasteiger partial charge in [-0.3, -0.25) is 0 Å². The van der Waals surface area contributed by atoms with Crippen LogP contribution in [0.4, 0.5) is 9.59 Å². The van der Waals surface area contributed by atoms with Gasteiger partial charge in [0.25, 0.3) is 0 Å². The first kappa shape index (κ1) is 35.1. The van der Waals surface area contributed by atoms with Gasteiger partial charge in [-0.15, -0.1) is 0 Å². The van der Waals surface area contributed by atoms with Gasteiger partial charge >= 0.3 is 18.1 Å². The number of esters is 1. The van der Waals surface area contributed by atoms with Crippen molar-refractivity contribution >= 4 is 18.1 Å². The van der Waals surface area contributed by atoms with Crippen LogP contribution in [0.5, 0.6) is 0 Å². The van der Waals surface area contributed by atoms with E-state index < -0.39 is 24.1 Å². The van der Waals surface area contributed by atoms with Crippen LogP contribution in [0.25, 0.3) is 0 Å². The summed E-state index contributed by atoms with van der Waals surface area (Å²) in [5, 5.41) is 2.67. The number of rotatable bonds is 18. The molecule has 1 heterocycles. The molecule has 0 spiro atoms. The highest BCUT2D eigenvalue weighted by Crippen LogP contribution is 2.43. The van der Waals surface area contributed by atoms with Crippen molar-refractivity contribution < 1.29 is 28.6 Å². The van der Waals surface area contributed by atoms with E-state index in [1.165, 1.54) is 91.3 Å². The van der Waals surface area contributed by atoms with Gasteiger partial charge in [0.05, 0.1) is 38.0 Å². The largest absolute Gasteiger partial charge is 0.466 e. The number of methoxy groups -OCH3 is 2. The molecule has 0 aromatic rings. The molecule has 1 aliphatic carbocycles. The van der Waals surface area contributed by atoms with Crippen LogP contribution >= 0.6 is 0 Å². The highest BCUT2D eigenvalue weighted by Gasteiger charge is 2.51. The van der Waals surface area contributed by atoms with Crippen molar-refractivity contribution in [3.8, 4) is 0 Å². The maximum atomic E-state index is 13.1. The molecular formula is C33H58N2O6. The predicted octanol–water partition coefficient (Wildman–Crippen LogP) is 8.28. The fourth-order valence-electron chi connectivity index (χ4n) is 6.81. The number of nitrogens with one attached hydrogen (secondary N) is 1. The molecule has 0 bridgehead atoms. The van der Waals surface area contributed by atoms with E-state index in [-0.39, 0.29) is 24.0 Å². The Kier molecular flexibility index (Phi) is 16.4. The molecule has 1 saturated carbocycles. The van der Waals surface area contributed by atoms with Crippen molar-refractivity contribution in [1.29, 1.82) is 0 Å². The molecule has 0 saturated heterocycles. The Labute approximate surface area is 249 Å². The van der Waals surface area contributed by atoms with Crippen molar-refractivity contribution in [2.75, 3.05) is 14.2 Å². The molecule has 2 aliphatic rings. The van der Waals surface area contributed by atoms with E-state index in [1.54, 1.807) is 6.92 Å². The lowest BCUT2D eigenvalue weighted by Crippen LogP contribution is -2.61. The minimum absolute atomic E-state index is 0.0202. The van der Waals surface area contributed by atoms with Crippen molar-refractivity contribution in [2.45, 2.75) is 155 Å². The fourth-order valence-corrected chi connectivity index (χ4v) is 6.81. The zero-order valence-corrected chi connectivity index (χ0v) is 26.8. The molecule has 1 fully saturated rings. The van der Waals surface area contributed by atoms with Gasteiger partial charge in [-0.25, -0.2) is 19.3 Å². The minimum Gasteiger partial charge on any atom is -0.466 e. The van der Waals surface area contributed by atoms with Gasteiger partial charge in [-0.1, -0.05) is 96.8 Å². The molecule has 0 aromatic carbocycles. The second-order valence-electron chi connectivity index (χ2n) is 12.3. The van der Waals surface area contributed by atoms with Crippen molar-refractivity contribution in [2.24, 2.45) is 11.8 Å². The molecule has 2 rings (SSSR count). The lowest BCUT2D eigenvalue weighted by molar-refractivity contribution is -0.138. The summed E-state index contributed by atoms with van der Waals surface area (Å²) in [6.45, 7) is 7.95. The van der Waals surface area contributed by atoms with Gasteiger partial charge in [-0.2, -0.15) is 0 Å². The van der Waals surface area contributed by atoms with Crippen LogP contribution in [0.2, 0.25) is 0 Å². The van der Waals surface area contributed by atoms with E-state index in [1.807, 2.05) is 13.8 Å². The predicted molar refractivity (Wildman–Crippen MR) is 162 cm³/mol. The van der Waals surface area contributed by atoms with Crippen LogP contribution in [-0.2, 0) is 19.0 Å². The molecule has 1 aliphatic heterocycles. The maximum Gasteiger partial charge on any atom is 0.418 e. The highest BCUT2D eigenvalue weighted by molar-refractivity contribution is 6.00. The quantitative estimate of drug-likeness (QED) is 0.130. The Hall–Kier alpha value is -2.09. The van der Waals surface area contributed by atoms with Gasteiger partial charge in [0, 0.05) is 11.6 Å². The summed E-state index contributed by atoms with van der Waals surface area (Å²) in [6, 6.07) is -1.39. The van der Waals surface area contributed by atoms with Crippen molar-refractivity contribution in [3.63, 3.8) is 0 Å². The number of hydrogen-bond acceptors (Lipinski definition) is 6. The third-order valence-electron chi connectivity index (χ3n) is 8.79. The standard InChI is InChI=1S/C33H58N2O6/c1-7-8-9-10-11-12-13-14-15-16-17-18-19-21-26-22-20-23-27(41-24(2)3)29(26)30-28(31(36)39-5)25(4)34-32(37)35(30)33(38)40-6/h24,26-27,29-30H,7-23H2,1-6H3,(H,34,37). The van der Waals surface area contributed by atoms with E-state index in [9.17, 15) is 14.4 Å². The van der Waals surface area contributed by atoms with Crippen LogP contribution in [0.3, 0.4) is 0 Å². The smallest absolute Gasteiger partial charge is 0.418 e. The SMILES string of the molecule is CCCCCCCCCCCCCCCC1CCCC(OC(C)C)C1C1C(C(=O)OC)=C(C)NC(=O)N1C(=O)OC. The number of hydrogen-bond donors (Lipinski definition) is 1. The number of carbonyl (C=O) groups excluding carboxylic acids is 3. The summed E-state index contributed by atoms with van der Waals surface area (Å²) in [7, 11) is 2.58. The number of allylic oxidation sites excluding steroid dienone is 1. The summed E-state index contributed by atoms with van der Waals surface area (Å²) in [6.07, 6.45) is 19.7. The second-order valence-corrected chi connectivity index (χ2v) is 12.3. The minimum atomic E-state index is -0.806. The first-order valence-corrected chi connectivity index (χ1v) is 16.4. The third kappa shape index (κ3) is 10.9. The monoisotopic (exact) mass is 578 g/mol. The summed E-state index contributed by atoms with van der Waals surface area (Å²) in [5.41, 5.74) is 0.720. The Morgan fingerprint density at radius 3 is 1.95 bits per heavy atom. The first-order chi connectivity index (χ1) is 19.8. The number of carbonyl (C=O) groups is 3. The van der Waals surface area contributed by atoms with Gasteiger partial charge in [-0.05, 0) is 46.0 Å². The molecule has 4 atom stereocenters. The lowest BCUT2D eigenvalue weighted by atomic mass is 9.68. The number of amides is 3. The number of ether oxygens (including phenoxy) is 3. The molecule has 236 valence electrons. The van der Waals surface area contributed by atoms with Crippen LogP contribution in [0.1, 0.15) is 137 Å². The lowest BCUT2D eigenvalue weighted by Gasteiger charge is -2.47. The fraction of sp³-hybridized carbons (Fsp3) is 0.848. The van der Waals surface area contributed by atoms with E-state index in [0.717, 1.165) is 37.0 Å². The molecule has 0 aromatic heterocycles. The number of unbranched alkanes of at least 4 members (excludes halogenated alkanes) is 12. The van der Waals surface area contributed by atoms with Gasteiger partial charge < -0.3 is 19.5 Å². The number of nitrogens with zero attached hydrogens (tertiary/aromatic N) is 1. The number of imide groups is 1. The van der Waals surface area contributed by atoms with Crippen molar-refractivity contribution in [3.05, 3.63) is 11.3 Å². The van der Waals surface area contributed by atoms with Gasteiger partial charge in [0.15, 0.2) is 0 Å². The van der Waals surface area contributed by atoms with E-state index >= 15 is 0 Å². The van der Waals surface area contributed by atoms with E-state index in [4.69, 9.17) is 14.2 Å². The summed E-state index contributed by atoms with van der Waals surface area (Å²) < 4.78 is 16.6. The normalized spacial score (nSPS) is 23.1.